The highest BCUT2D eigenvalue weighted by Gasteiger charge is 2.22. The average Bonchev–Trinajstić information content (AvgIpc) is 3.27. The molecule has 0 aliphatic carbocycles. The average molecular weight is 419 g/mol. The van der Waals surface area contributed by atoms with Gasteiger partial charge in [0.25, 0.3) is 0 Å². The van der Waals surface area contributed by atoms with Crippen LogP contribution in [0.1, 0.15) is 27.9 Å². The molecular formula is C23H22N4O2S. The molecule has 0 saturated carbocycles. The Kier molecular flexibility index (Phi) is 4.64. The van der Waals surface area contributed by atoms with Gasteiger partial charge in [0.2, 0.25) is 0 Å². The minimum absolute atomic E-state index is 0.0491. The number of nitrogen functional groups attached to an aromatic ring is 1. The number of aromatic nitrogens is 2. The molecule has 0 unspecified atom stereocenters. The van der Waals surface area contributed by atoms with Crippen LogP contribution < -0.4 is 11.2 Å². The van der Waals surface area contributed by atoms with Gasteiger partial charge in [-0.2, -0.15) is 0 Å². The number of nitrogens with two attached hydrogens (primary N) is 1. The number of aryl methyl sites for hydroxylation is 2. The van der Waals surface area contributed by atoms with Crippen LogP contribution in [0.3, 0.4) is 0 Å². The van der Waals surface area contributed by atoms with E-state index in [9.17, 15) is 4.79 Å². The van der Waals surface area contributed by atoms with Crippen molar-refractivity contribution in [1.29, 1.82) is 0 Å². The van der Waals surface area contributed by atoms with Crippen LogP contribution in [0, 0.1) is 13.8 Å². The maximum Gasteiger partial charge on any atom is 0.199 e. The Morgan fingerprint density at radius 2 is 2.10 bits per heavy atom. The summed E-state index contributed by atoms with van der Waals surface area (Å²) in [6, 6.07) is 7.82. The number of thiophene rings is 1. The van der Waals surface area contributed by atoms with Gasteiger partial charge in [0, 0.05) is 37.8 Å². The number of benzene rings is 1. The van der Waals surface area contributed by atoms with Gasteiger partial charge >= 0.3 is 0 Å². The Balaban J connectivity index is 1.43. The zero-order valence-electron chi connectivity index (χ0n) is 16.9. The largest absolute Gasteiger partial charge is 0.440 e. The van der Waals surface area contributed by atoms with Crippen molar-refractivity contribution in [3.05, 3.63) is 74.0 Å². The molecule has 1 aliphatic heterocycles. The molecule has 5 rings (SSSR count). The Bertz CT molecular complexity index is 1310. The first-order chi connectivity index (χ1) is 14.5. The molecule has 3 aromatic heterocycles. The van der Waals surface area contributed by atoms with Crippen LogP contribution in [0.15, 0.2) is 45.1 Å². The highest BCUT2D eigenvalue weighted by Crippen LogP contribution is 2.26. The van der Waals surface area contributed by atoms with Gasteiger partial charge in [-0.15, -0.1) is 11.3 Å². The molecule has 1 aromatic carbocycles. The first kappa shape index (κ1) is 19.0. The predicted molar refractivity (Wildman–Crippen MR) is 120 cm³/mol. The lowest BCUT2D eigenvalue weighted by molar-refractivity contribution is 0.241. The Hall–Kier alpha value is -3.03. The van der Waals surface area contributed by atoms with E-state index in [1.807, 2.05) is 49.7 Å². The molecule has 0 atom stereocenters. The molecule has 152 valence electrons. The van der Waals surface area contributed by atoms with E-state index in [-0.39, 0.29) is 11.3 Å². The second kappa shape index (κ2) is 7.34. The van der Waals surface area contributed by atoms with Crippen LogP contribution in [-0.2, 0) is 19.5 Å². The third kappa shape index (κ3) is 3.30. The SMILES string of the molecule is Cc1cc2oc(N)c(CN3CCc4nc(-c5cccs5)ncc4C3)c(=O)c2cc1C. The van der Waals surface area contributed by atoms with Gasteiger partial charge in [0.05, 0.1) is 21.5 Å². The van der Waals surface area contributed by atoms with Crippen LogP contribution >= 0.6 is 11.3 Å². The van der Waals surface area contributed by atoms with E-state index in [2.05, 4.69) is 9.88 Å². The molecule has 0 spiro atoms. The molecule has 0 saturated heterocycles. The minimum Gasteiger partial charge on any atom is -0.440 e. The highest BCUT2D eigenvalue weighted by atomic mass is 32.1. The zero-order chi connectivity index (χ0) is 20.8. The molecule has 30 heavy (non-hydrogen) atoms. The van der Waals surface area contributed by atoms with Crippen molar-refractivity contribution in [3.63, 3.8) is 0 Å². The Morgan fingerprint density at radius 3 is 2.90 bits per heavy atom. The fraction of sp³-hybridized carbons (Fsp3) is 0.261. The molecular weight excluding hydrogens is 396 g/mol. The van der Waals surface area contributed by atoms with Crippen molar-refractivity contribution in [2.24, 2.45) is 0 Å². The van der Waals surface area contributed by atoms with E-state index in [1.54, 1.807) is 11.3 Å². The second-order valence-electron chi connectivity index (χ2n) is 7.81. The zero-order valence-corrected chi connectivity index (χ0v) is 17.8. The third-order valence-corrected chi connectivity index (χ3v) is 6.63. The number of nitrogens with zero attached hydrogens (tertiary/aromatic N) is 3. The topological polar surface area (TPSA) is 85.2 Å². The number of hydrogen-bond donors (Lipinski definition) is 1. The summed E-state index contributed by atoms with van der Waals surface area (Å²) in [6.07, 6.45) is 2.72. The number of rotatable bonds is 3. The smallest absolute Gasteiger partial charge is 0.199 e. The summed E-state index contributed by atoms with van der Waals surface area (Å²) >= 11 is 1.64. The molecule has 0 amide bonds. The summed E-state index contributed by atoms with van der Waals surface area (Å²) < 4.78 is 5.81. The first-order valence-corrected chi connectivity index (χ1v) is 10.8. The van der Waals surface area contributed by atoms with E-state index in [0.717, 1.165) is 46.1 Å². The second-order valence-corrected chi connectivity index (χ2v) is 8.76. The van der Waals surface area contributed by atoms with Crippen LogP contribution in [0.5, 0.6) is 0 Å². The van der Waals surface area contributed by atoms with Crippen LogP contribution in [0.25, 0.3) is 21.7 Å². The van der Waals surface area contributed by atoms with Gasteiger partial charge in [-0.1, -0.05) is 6.07 Å². The summed E-state index contributed by atoms with van der Waals surface area (Å²) in [5.74, 6) is 0.980. The summed E-state index contributed by atoms with van der Waals surface area (Å²) in [6.45, 7) is 5.93. The van der Waals surface area contributed by atoms with Gasteiger partial charge in [0.15, 0.2) is 17.1 Å². The van der Waals surface area contributed by atoms with Gasteiger partial charge in [-0.25, -0.2) is 9.97 Å². The lowest BCUT2D eigenvalue weighted by atomic mass is 10.0. The lowest BCUT2D eigenvalue weighted by Crippen LogP contribution is -2.33. The molecule has 1 aliphatic rings. The van der Waals surface area contributed by atoms with Crippen molar-refractivity contribution in [2.75, 3.05) is 12.3 Å². The highest BCUT2D eigenvalue weighted by molar-refractivity contribution is 7.13. The van der Waals surface area contributed by atoms with E-state index in [1.165, 1.54) is 0 Å². The predicted octanol–water partition coefficient (Wildman–Crippen LogP) is 4.07. The number of fused-ring (bicyclic) bond motifs is 2. The molecule has 0 radical (unpaired) electrons. The van der Waals surface area contributed by atoms with Crippen molar-refractivity contribution < 1.29 is 4.42 Å². The fourth-order valence-corrected chi connectivity index (χ4v) is 4.58. The van der Waals surface area contributed by atoms with E-state index < -0.39 is 0 Å². The van der Waals surface area contributed by atoms with Crippen molar-refractivity contribution in [2.45, 2.75) is 33.4 Å². The van der Waals surface area contributed by atoms with Gasteiger partial charge in [-0.05, 0) is 48.6 Å². The van der Waals surface area contributed by atoms with Crippen LogP contribution in [0.2, 0.25) is 0 Å². The standard InChI is InChI=1S/C23H22N4O2S/c1-13-8-16-19(9-14(13)2)29-22(24)17(21(16)28)12-27-6-5-18-15(11-27)10-25-23(26-18)20-4-3-7-30-20/h3-4,7-10H,5-6,11-12,24H2,1-2H3. The van der Waals surface area contributed by atoms with Gasteiger partial charge in [0.1, 0.15) is 5.58 Å². The van der Waals surface area contributed by atoms with Gasteiger partial charge in [-0.3, -0.25) is 9.69 Å². The molecule has 2 N–H and O–H groups in total. The summed E-state index contributed by atoms with van der Waals surface area (Å²) in [5.41, 5.74) is 11.5. The number of anilines is 1. The maximum absolute atomic E-state index is 13.1. The summed E-state index contributed by atoms with van der Waals surface area (Å²) in [7, 11) is 0. The first-order valence-electron chi connectivity index (χ1n) is 9.93. The molecule has 4 aromatic rings. The molecule has 7 heteroatoms. The van der Waals surface area contributed by atoms with Gasteiger partial charge < -0.3 is 10.2 Å². The van der Waals surface area contributed by atoms with E-state index in [4.69, 9.17) is 15.1 Å². The number of hydrogen-bond acceptors (Lipinski definition) is 7. The molecule has 0 fully saturated rings. The molecule has 4 heterocycles. The maximum atomic E-state index is 13.1. The Labute approximate surface area is 178 Å². The fourth-order valence-electron chi connectivity index (χ4n) is 3.91. The lowest BCUT2D eigenvalue weighted by Gasteiger charge is -2.28. The van der Waals surface area contributed by atoms with E-state index in [0.29, 0.717) is 29.6 Å². The van der Waals surface area contributed by atoms with Crippen molar-refractivity contribution in [3.8, 4) is 10.7 Å². The van der Waals surface area contributed by atoms with Crippen molar-refractivity contribution in [1.82, 2.24) is 14.9 Å². The Morgan fingerprint density at radius 1 is 1.27 bits per heavy atom. The molecule has 6 nitrogen and oxygen atoms in total. The monoisotopic (exact) mass is 418 g/mol. The quantitative estimate of drug-likeness (QED) is 0.540. The third-order valence-electron chi connectivity index (χ3n) is 5.77. The minimum atomic E-state index is -0.0491. The summed E-state index contributed by atoms with van der Waals surface area (Å²) in [5, 5.41) is 2.62. The van der Waals surface area contributed by atoms with Crippen molar-refractivity contribution >= 4 is 28.2 Å². The van der Waals surface area contributed by atoms with Crippen LogP contribution in [-0.4, -0.2) is 21.4 Å². The summed E-state index contributed by atoms with van der Waals surface area (Å²) in [4.78, 5) is 25.7. The normalized spacial score (nSPS) is 14.2. The van der Waals surface area contributed by atoms with Crippen LogP contribution in [0.4, 0.5) is 5.88 Å². The molecule has 0 bridgehead atoms. The van der Waals surface area contributed by atoms with E-state index >= 15 is 0 Å².